The van der Waals surface area contributed by atoms with Gasteiger partial charge in [-0.05, 0) is 50.8 Å². The molecular weight excluding hydrogens is 395 g/mol. The first kappa shape index (κ1) is 21.1. The number of carbonyl (C=O) groups is 1. The Kier molecular flexibility index (Phi) is 6.74. The number of aromatic nitrogens is 2. The smallest absolute Gasteiger partial charge is 0.319 e. The molecule has 29 heavy (non-hydrogen) atoms. The number of nitrogens with one attached hydrogen (secondary N) is 3. The molecule has 0 aliphatic heterocycles. The second-order valence-electron chi connectivity index (χ2n) is 7.51. The number of anilines is 3. The third-order valence-corrected chi connectivity index (χ3v) is 5.23. The average molecular weight is 421 g/mol. The van der Waals surface area contributed by atoms with Crippen molar-refractivity contribution in [1.29, 1.82) is 0 Å². The van der Waals surface area contributed by atoms with Crippen molar-refractivity contribution in [1.82, 2.24) is 15.3 Å². The Morgan fingerprint density at radius 1 is 1.21 bits per heavy atom. The number of carbonyl (C=O) groups excluding carboxylic acids is 1. The van der Waals surface area contributed by atoms with Crippen molar-refractivity contribution in [3.8, 4) is 0 Å². The van der Waals surface area contributed by atoms with E-state index >= 15 is 0 Å². The topological polar surface area (TPSA) is 82.2 Å². The SMILES string of the molecule is Cc1cnc(NC2CCC(NC(=O)Nc3ccc(F)c(Cl)c3)CC2)nc1N(C)C. The molecule has 0 bridgehead atoms. The normalized spacial score (nSPS) is 18.8. The van der Waals surface area contributed by atoms with Crippen molar-refractivity contribution in [3.05, 3.63) is 40.8 Å². The summed E-state index contributed by atoms with van der Waals surface area (Å²) in [7, 11) is 3.92. The Bertz CT molecular complexity index is 870. The van der Waals surface area contributed by atoms with Crippen molar-refractivity contribution in [2.24, 2.45) is 0 Å². The van der Waals surface area contributed by atoms with Crippen LogP contribution < -0.4 is 20.9 Å². The maximum Gasteiger partial charge on any atom is 0.319 e. The largest absolute Gasteiger partial charge is 0.362 e. The van der Waals surface area contributed by atoms with Gasteiger partial charge in [0.1, 0.15) is 11.6 Å². The Morgan fingerprint density at radius 3 is 2.55 bits per heavy atom. The fourth-order valence-corrected chi connectivity index (χ4v) is 3.63. The van der Waals surface area contributed by atoms with Crippen molar-refractivity contribution in [2.45, 2.75) is 44.7 Å². The van der Waals surface area contributed by atoms with E-state index in [9.17, 15) is 9.18 Å². The van der Waals surface area contributed by atoms with Crippen molar-refractivity contribution in [3.63, 3.8) is 0 Å². The van der Waals surface area contributed by atoms with Gasteiger partial charge in [0.25, 0.3) is 0 Å². The van der Waals surface area contributed by atoms with Crippen LogP contribution in [0.15, 0.2) is 24.4 Å². The van der Waals surface area contributed by atoms with E-state index in [0.29, 0.717) is 11.6 Å². The summed E-state index contributed by atoms with van der Waals surface area (Å²) < 4.78 is 13.2. The molecule has 156 valence electrons. The van der Waals surface area contributed by atoms with E-state index in [4.69, 9.17) is 11.6 Å². The first-order chi connectivity index (χ1) is 13.8. The van der Waals surface area contributed by atoms with Crippen LogP contribution in [0.2, 0.25) is 5.02 Å². The van der Waals surface area contributed by atoms with Crippen LogP contribution in [0.25, 0.3) is 0 Å². The third kappa shape index (κ3) is 5.69. The molecule has 9 heteroatoms. The molecule has 1 saturated carbocycles. The Labute approximate surface area is 175 Å². The van der Waals surface area contributed by atoms with Gasteiger partial charge < -0.3 is 20.9 Å². The molecule has 0 saturated heterocycles. The molecule has 0 atom stereocenters. The first-order valence-electron chi connectivity index (χ1n) is 9.62. The number of benzene rings is 1. The number of rotatable bonds is 5. The molecule has 3 N–H and O–H groups in total. The van der Waals surface area contributed by atoms with Gasteiger partial charge in [0.15, 0.2) is 0 Å². The molecular formula is C20H26ClFN6O. The summed E-state index contributed by atoms with van der Waals surface area (Å²) in [5, 5.41) is 9.03. The van der Waals surface area contributed by atoms with E-state index < -0.39 is 5.82 Å². The van der Waals surface area contributed by atoms with E-state index in [1.165, 1.54) is 18.2 Å². The zero-order valence-electron chi connectivity index (χ0n) is 16.8. The molecule has 1 aromatic carbocycles. The number of hydrogen-bond donors (Lipinski definition) is 3. The van der Waals surface area contributed by atoms with Gasteiger partial charge in [0.05, 0.1) is 5.02 Å². The summed E-state index contributed by atoms with van der Waals surface area (Å²) in [5.41, 5.74) is 1.49. The lowest BCUT2D eigenvalue weighted by Crippen LogP contribution is -2.42. The highest BCUT2D eigenvalue weighted by molar-refractivity contribution is 6.31. The lowest BCUT2D eigenvalue weighted by Gasteiger charge is -2.30. The maximum atomic E-state index is 13.2. The van der Waals surface area contributed by atoms with Gasteiger partial charge in [-0.15, -0.1) is 0 Å². The van der Waals surface area contributed by atoms with Gasteiger partial charge in [-0.2, -0.15) is 4.98 Å². The van der Waals surface area contributed by atoms with Gasteiger partial charge in [-0.3, -0.25) is 0 Å². The zero-order chi connectivity index (χ0) is 21.0. The molecule has 1 aliphatic rings. The predicted octanol–water partition coefficient (Wildman–Crippen LogP) is 4.19. The van der Waals surface area contributed by atoms with E-state index in [1.54, 1.807) is 0 Å². The quantitative estimate of drug-likeness (QED) is 0.675. The minimum absolute atomic E-state index is 0.0230. The van der Waals surface area contributed by atoms with Gasteiger partial charge in [-0.25, -0.2) is 14.2 Å². The van der Waals surface area contributed by atoms with Gasteiger partial charge >= 0.3 is 6.03 Å². The molecule has 1 heterocycles. The van der Waals surface area contributed by atoms with Crippen LogP contribution in [0.5, 0.6) is 0 Å². The standard InChI is InChI=1S/C20H26ClFN6O/c1-12-11-23-19(27-18(12)28(2)3)24-13-4-6-14(7-5-13)25-20(29)26-15-8-9-17(22)16(21)10-15/h8-11,13-14H,4-7H2,1-3H3,(H,23,24,27)(H2,25,26,29). The lowest BCUT2D eigenvalue weighted by atomic mass is 9.91. The molecule has 0 unspecified atom stereocenters. The lowest BCUT2D eigenvalue weighted by molar-refractivity contribution is 0.243. The number of urea groups is 1. The second kappa shape index (κ2) is 9.26. The van der Waals surface area contributed by atoms with Gasteiger partial charge in [-0.1, -0.05) is 11.6 Å². The fraction of sp³-hybridized carbons (Fsp3) is 0.450. The predicted molar refractivity (Wildman–Crippen MR) is 114 cm³/mol. The highest BCUT2D eigenvalue weighted by Crippen LogP contribution is 2.23. The summed E-state index contributed by atoms with van der Waals surface area (Å²) in [5.74, 6) is 1.01. The minimum atomic E-state index is -0.515. The molecule has 2 aromatic rings. The average Bonchev–Trinajstić information content (AvgIpc) is 2.67. The summed E-state index contributed by atoms with van der Waals surface area (Å²) >= 11 is 5.74. The number of nitrogens with zero attached hydrogens (tertiary/aromatic N) is 3. The minimum Gasteiger partial charge on any atom is -0.362 e. The van der Waals surface area contributed by atoms with E-state index in [2.05, 4.69) is 25.9 Å². The van der Waals surface area contributed by atoms with Crippen LogP contribution in [0.3, 0.4) is 0 Å². The van der Waals surface area contributed by atoms with Crippen LogP contribution >= 0.6 is 11.6 Å². The summed E-state index contributed by atoms with van der Waals surface area (Å²) in [6.45, 7) is 1.99. The second-order valence-corrected chi connectivity index (χ2v) is 7.92. The molecule has 1 aliphatic carbocycles. The summed E-state index contributed by atoms with van der Waals surface area (Å²) in [4.78, 5) is 23.1. The molecule has 1 aromatic heterocycles. The third-order valence-electron chi connectivity index (χ3n) is 4.94. The Balaban J connectivity index is 1.47. The molecule has 7 nitrogen and oxygen atoms in total. The monoisotopic (exact) mass is 420 g/mol. The Morgan fingerprint density at radius 2 is 1.90 bits per heavy atom. The van der Waals surface area contributed by atoms with E-state index in [-0.39, 0.29) is 23.1 Å². The van der Waals surface area contributed by atoms with Crippen molar-refractivity contribution < 1.29 is 9.18 Å². The van der Waals surface area contributed by atoms with E-state index in [1.807, 2.05) is 32.1 Å². The number of halogens is 2. The van der Waals surface area contributed by atoms with Crippen molar-refractivity contribution in [2.75, 3.05) is 29.6 Å². The van der Waals surface area contributed by atoms with Crippen LogP contribution in [-0.2, 0) is 0 Å². The van der Waals surface area contributed by atoms with Crippen LogP contribution in [0, 0.1) is 12.7 Å². The molecule has 3 rings (SSSR count). The number of amides is 2. The first-order valence-corrected chi connectivity index (χ1v) is 9.99. The molecule has 2 amide bonds. The van der Waals surface area contributed by atoms with Gasteiger partial charge in [0.2, 0.25) is 5.95 Å². The fourth-order valence-electron chi connectivity index (χ4n) is 3.45. The highest BCUT2D eigenvalue weighted by Gasteiger charge is 2.23. The van der Waals surface area contributed by atoms with Crippen LogP contribution in [-0.4, -0.2) is 42.2 Å². The Hall–Kier alpha value is -2.61. The zero-order valence-corrected chi connectivity index (χ0v) is 17.6. The van der Waals surface area contributed by atoms with Crippen LogP contribution in [0.4, 0.5) is 26.6 Å². The summed E-state index contributed by atoms with van der Waals surface area (Å²) in [6.07, 6.45) is 5.33. The molecule has 0 radical (unpaired) electrons. The highest BCUT2D eigenvalue weighted by atomic mass is 35.5. The maximum absolute atomic E-state index is 13.2. The molecule has 0 spiro atoms. The van der Waals surface area contributed by atoms with E-state index in [0.717, 1.165) is 37.1 Å². The summed E-state index contributed by atoms with van der Waals surface area (Å²) in [6, 6.07) is 4.13. The van der Waals surface area contributed by atoms with Gasteiger partial charge in [0, 0.05) is 43.6 Å². The van der Waals surface area contributed by atoms with Crippen LogP contribution in [0.1, 0.15) is 31.2 Å². The van der Waals surface area contributed by atoms with Crippen molar-refractivity contribution >= 4 is 35.1 Å². The molecule has 1 fully saturated rings. The number of aryl methyl sites for hydroxylation is 1. The number of hydrogen-bond acceptors (Lipinski definition) is 5.